The minimum atomic E-state index is 0. The lowest BCUT2D eigenvalue weighted by Crippen LogP contribution is -2.41. The van der Waals surface area contributed by atoms with Crippen LogP contribution in [0, 0.1) is 0 Å². The molecule has 248 valence electrons. The van der Waals surface area contributed by atoms with Gasteiger partial charge in [-0.2, -0.15) is 0 Å². The highest BCUT2D eigenvalue weighted by molar-refractivity contribution is 5.85. The Hall–Kier alpha value is -3.10. The van der Waals surface area contributed by atoms with Crippen LogP contribution in [-0.4, -0.2) is 48.1 Å². The van der Waals surface area contributed by atoms with E-state index in [0.29, 0.717) is 12.1 Å². The van der Waals surface area contributed by atoms with Gasteiger partial charge in [0.25, 0.3) is 0 Å². The lowest BCUT2D eigenvalue weighted by atomic mass is 10.0. The summed E-state index contributed by atoms with van der Waals surface area (Å²) in [4.78, 5) is 5.09. The number of para-hydroxylation sites is 2. The van der Waals surface area contributed by atoms with Crippen molar-refractivity contribution in [2.24, 2.45) is 0 Å². The van der Waals surface area contributed by atoms with Crippen LogP contribution < -0.4 is 22.1 Å². The number of piperidine rings is 2. The summed E-state index contributed by atoms with van der Waals surface area (Å²) in [5.74, 6) is 0. The molecule has 4 aromatic carbocycles. The fourth-order valence-corrected chi connectivity index (χ4v) is 6.17. The molecule has 46 heavy (non-hydrogen) atoms. The Morgan fingerprint density at radius 3 is 1.15 bits per heavy atom. The van der Waals surface area contributed by atoms with Gasteiger partial charge < -0.3 is 22.1 Å². The predicted molar refractivity (Wildman–Crippen MR) is 199 cm³/mol. The zero-order valence-corrected chi connectivity index (χ0v) is 28.5. The van der Waals surface area contributed by atoms with Crippen molar-refractivity contribution < 1.29 is 0 Å². The molecule has 0 aliphatic carbocycles. The zero-order chi connectivity index (χ0) is 30.4. The van der Waals surface area contributed by atoms with E-state index in [4.69, 9.17) is 11.5 Å². The first-order chi connectivity index (χ1) is 21.6. The molecular formula is C38H52Cl2N6. The summed E-state index contributed by atoms with van der Waals surface area (Å²) < 4.78 is 0. The molecule has 4 aromatic rings. The number of nitrogens with two attached hydrogens (primary N) is 2. The average Bonchev–Trinajstić information content (AvgIpc) is 3.07. The van der Waals surface area contributed by atoms with Crippen molar-refractivity contribution in [2.45, 2.75) is 63.9 Å². The molecule has 0 aromatic heterocycles. The Kier molecular flexibility index (Phi) is 16.4. The molecule has 0 spiro atoms. The maximum Gasteiger partial charge on any atom is 0.0359 e. The Morgan fingerprint density at radius 2 is 0.804 bits per heavy atom. The van der Waals surface area contributed by atoms with E-state index in [0.717, 1.165) is 63.7 Å². The van der Waals surface area contributed by atoms with Crippen LogP contribution in [0.2, 0.25) is 0 Å². The van der Waals surface area contributed by atoms with Crippen molar-refractivity contribution >= 4 is 36.2 Å². The van der Waals surface area contributed by atoms with Gasteiger partial charge in [0.2, 0.25) is 0 Å². The number of hydrogen-bond donors (Lipinski definition) is 4. The SMILES string of the molecule is Cl.Cl.Nc1ccccc1CNC1CCN(Cc2ccccc2)CC1.Nc1ccccc1CNC1CCN(Cc2ccccc2)CC1. The summed E-state index contributed by atoms with van der Waals surface area (Å²) in [6.45, 7) is 8.53. The first kappa shape index (κ1) is 37.4. The summed E-state index contributed by atoms with van der Waals surface area (Å²) in [6.07, 6.45) is 4.83. The standard InChI is InChI=1S/2C19H25N3.2ClH/c2*20-19-9-5-4-8-17(19)14-21-18-10-12-22(13-11-18)15-16-6-2-1-3-7-16;;/h2*1-9,18,21H,10-15,20H2;2*1H. The van der Waals surface area contributed by atoms with Crippen molar-refractivity contribution in [3.05, 3.63) is 131 Å². The van der Waals surface area contributed by atoms with Crippen LogP contribution in [0.25, 0.3) is 0 Å². The Labute approximate surface area is 288 Å². The third kappa shape index (κ3) is 12.3. The van der Waals surface area contributed by atoms with Crippen LogP contribution in [0.4, 0.5) is 11.4 Å². The van der Waals surface area contributed by atoms with Crippen molar-refractivity contribution in [3.63, 3.8) is 0 Å². The number of hydrogen-bond acceptors (Lipinski definition) is 6. The lowest BCUT2D eigenvalue weighted by Gasteiger charge is -2.32. The second-order valence-electron chi connectivity index (χ2n) is 12.2. The van der Waals surface area contributed by atoms with E-state index in [2.05, 4.69) is 105 Å². The van der Waals surface area contributed by atoms with Gasteiger partial charge in [-0.05, 0) is 86.2 Å². The molecule has 8 heteroatoms. The third-order valence-electron chi connectivity index (χ3n) is 8.95. The van der Waals surface area contributed by atoms with Crippen LogP contribution in [0.1, 0.15) is 47.9 Å². The summed E-state index contributed by atoms with van der Waals surface area (Å²) in [6, 6.07) is 38.9. The van der Waals surface area contributed by atoms with E-state index in [1.54, 1.807) is 0 Å². The minimum absolute atomic E-state index is 0. The van der Waals surface area contributed by atoms with E-state index in [-0.39, 0.29) is 24.8 Å². The van der Waals surface area contributed by atoms with Crippen LogP contribution in [-0.2, 0) is 26.2 Å². The molecule has 0 saturated carbocycles. The highest BCUT2D eigenvalue weighted by Crippen LogP contribution is 2.17. The number of benzene rings is 4. The van der Waals surface area contributed by atoms with Crippen LogP contribution in [0.3, 0.4) is 0 Å². The molecule has 0 atom stereocenters. The van der Waals surface area contributed by atoms with Crippen molar-refractivity contribution in [1.82, 2.24) is 20.4 Å². The van der Waals surface area contributed by atoms with Crippen LogP contribution >= 0.6 is 24.8 Å². The van der Waals surface area contributed by atoms with Crippen LogP contribution in [0.15, 0.2) is 109 Å². The van der Waals surface area contributed by atoms with Gasteiger partial charge in [-0.25, -0.2) is 0 Å². The maximum atomic E-state index is 6.00. The van der Waals surface area contributed by atoms with Gasteiger partial charge in [0.15, 0.2) is 0 Å². The molecular weight excluding hydrogens is 611 g/mol. The van der Waals surface area contributed by atoms with E-state index in [1.807, 2.05) is 24.3 Å². The second kappa shape index (κ2) is 20.2. The van der Waals surface area contributed by atoms with Gasteiger partial charge in [-0.3, -0.25) is 9.80 Å². The topological polar surface area (TPSA) is 82.6 Å². The van der Waals surface area contributed by atoms with E-state index in [9.17, 15) is 0 Å². The number of nitrogens with one attached hydrogen (secondary N) is 2. The second-order valence-corrected chi connectivity index (χ2v) is 12.2. The predicted octanol–water partition coefficient (Wildman–Crippen LogP) is 6.89. The maximum absolute atomic E-state index is 6.00. The largest absolute Gasteiger partial charge is 0.398 e. The normalized spacial score (nSPS) is 16.0. The molecule has 0 radical (unpaired) electrons. The minimum Gasteiger partial charge on any atom is -0.398 e. The molecule has 2 heterocycles. The highest BCUT2D eigenvalue weighted by atomic mass is 35.5. The quantitative estimate of drug-likeness (QED) is 0.139. The van der Waals surface area contributed by atoms with Gasteiger partial charge in [0.1, 0.15) is 0 Å². The zero-order valence-electron chi connectivity index (χ0n) is 26.9. The first-order valence-electron chi connectivity index (χ1n) is 16.3. The fraction of sp³-hybridized carbons (Fsp3) is 0.368. The molecule has 2 fully saturated rings. The molecule has 6 rings (SSSR count). The number of nitrogens with zero attached hydrogens (tertiary/aromatic N) is 2. The van der Waals surface area contributed by atoms with Crippen molar-refractivity contribution in [1.29, 1.82) is 0 Å². The Balaban J connectivity index is 0.000000240. The summed E-state index contributed by atoms with van der Waals surface area (Å²) in [5, 5.41) is 7.31. The number of likely N-dealkylation sites (tertiary alicyclic amines) is 2. The van der Waals surface area contributed by atoms with Gasteiger partial charge in [-0.1, -0.05) is 97.1 Å². The molecule has 6 nitrogen and oxygen atoms in total. The molecule has 2 saturated heterocycles. The van der Waals surface area contributed by atoms with E-state index < -0.39 is 0 Å². The number of nitrogen functional groups attached to an aromatic ring is 2. The molecule has 0 amide bonds. The average molecular weight is 664 g/mol. The summed E-state index contributed by atoms with van der Waals surface area (Å²) >= 11 is 0. The van der Waals surface area contributed by atoms with Crippen molar-refractivity contribution in [3.8, 4) is 0 Å². The van der Waals surface area contributed by atoms with Gasteiger partial charge in [-0.15, -0.1) is 24.8 Å². The molecule has 0 unspecified atom stereocenters. The molecule has 6 N–H and O–H groups in total. The smallest absolute Gasteiger partial charge is 0.0359 e. The first-order valence-corrected chi connectivity index (χ1v) is 16.3. The van der Waals surface area contributed by atoms with Crippen molar-refractivity contribution in [2.75, 3.05) is 37.6 Å². The van der Waals surface area contributed by atoms with E-state index >= 15 is 0 Å². The molecule has 0 bridgehead atoms. The Bertz CT molecular complexity index is 1270. The van der Waals surface area contributed by atoms with Gasteiger partial charge >= 0.3 is 0 Å². The lowest BCUT2D eigenvalue weighted by molar-refractivity contribution is 0.190. The highest BCUT2D eigenvalue weighted by Gasteiger charge is 2.20. The van der Waals surface area contributed by atoms with Gasteiger partial charge in [0.05, 0.1) is 0 Å². The van der Waals surface area contributed by atoms with E-state index in [1.165, 1.54) is 47.9 Å². The number of rotatable bonds is 10. The molecule has 2 aliphatic rings. The molecule has 2 aliphatic heterocycles. The monoisotopic (exact) mass is 662 g/mol. The Morgan fingerprint density at radius 1 is 0.478 bits per heavy atom. The van der Waals surface area contributed by atoms with Crippen LogP contribution in [0.5, 0.6) is 0 Å². The van der Waals surface area contributed by atoms with Gasteiger partial charge in [0, 0.05) is 49.6 Å². The summed E-state index contributed by atoms with van der Waals surface area (Å²) in [7, 11) is 0. The number of halogens is 2. The fourth-order valence-electron chi connectivity index (χ4n) is 6.17. The number of anilines is 2. The third-order valence-corrected chi connectivity index (χ3v) is 8.95. The summed E-state index contributed by atoms with van der Waals surface area (Å²) in [5.41, 5.74) is 19.0.